The predicted octanol–water partition coefficient (Wildman–Crippen LogP) is -3.05. The van der Waals surface area contributed by atoms with Gasteiger partial charge in [-0.3, -0.25) is 0 Å². The molecule has 2 saturated heterocycles. The summed E-state index contributed by atoms with van der Waals surface area (Å²) >= 11 is 0. The van der Waals surface area contributed by atoms with E-state index < -0.39 is 62.2 Å². The molecule has 0 aromatic heterocycles. The molecule has 6 N–H and O–H groups in total. The molecule has 0 amide bonds. The Morgan fingerprint density at radius 1 is 0.783 bits per heavy atom. The van der Waals surface area contributed by atoms with Gasteiger partial charge in [-0.25, -0.2) is 0 Å². The van der Waals surface area contributed by atoms with Gasteiger partial charge in [0.05, 0.1) is 25.4 Å². The first-order chi connectivity index (χ1) is 10.8. The van der Waals surface area contributed by atoms with Gasteiger partial charge >= 0.3 is 0 Å². The van der Waals surface area contributed by atoms with Crippen molar-refractivity contribution in [3.8, 4) is 0 Å². The molecule has 0 aromatic rings. The van der Waals surface area contributed by atoms with Crippen LogP contribution in [0.2, 0.25) is 0 Å². The van der Waals surface area contributed by atoms with E-state index in [9.17, 15) is 25.5 Å². The highest BCUT2D eigenvalue weighted by molar-refractivity contribution is 4.93. The van der Waals surface area contributed by atoms with Crippen LogP contribution in [0.25, 0.3) is 0 Å². The molecule has 10 atom stereocenters. The Balaban J connectivity index is 2.11. The van der Waals surface area contributed by atoms with Gasteiger partial charge in [-0.1, -0.05) is 6.92 Å². The summed E-state index contributed by atoms with van der Waals surface area (Å²) in [6, 6.07) is 0. The molecule has 4 unspecified atom stereocenters. The molecule has 0 aromatic carbocycles. The number of aliphatic hydroxyl groups is 6. The van der Waals surface area contributed by atoms with E-state index >= 15 is 0 Å². The quantitative estimate of drug-likeness (QED) is 0.314. The van der Waals surface area contributed by atoms with Crippen LogP contribution in [-0.4, -0.2) is 99.0 Å². The summed E-state index contributed by atoms with van der Waals surface area (Å²) in [5.74, 6) is -0.285. The fourth-order valence-corrected chi connectivity index (χ4v) is 2.92. The molecule has 2 rings (SSSR count). The van der Waals surface area contributed by atoms with Crippen molar-refractivity contribution >= 4 is 0 Å². The third kappa shape index (κ3) is 3.68. The lowest BCUT2D eigenvalue weighted by Gasteiger charge is -2.46. The van der Waals surface area contributed by atoms with E-state index in [1.54, 1.807) is 13.8 Å². The number of hydrogen-bond donors (Lipinski definition) is 6. The Morgan fingerprint density at radius 2 is 1.39 bits per heavy atom. The lowest BCUT2D eigenvalue weighted by Crippen LogP contribution is -2.63. The predicted molar refractivity (Wildman–Crippen MR) is 75.2 cm³/mol. The van der Waals surface area contributed by atoms with Crippen LogP contribution < -0.4 is 0 Å². The fraction of sp³-hybridized carbons (Fsp3) is 1.00. The molecule has 2 fully saturated rings. The van der Waals surface area contributed by atoms with E-state index in [1.807, 2.05) is 0 Å². The van der Waals surface area contributed by atoms with E-state index in [1.165, 1.54) is 0 Å². The SMILES string of the molecule is C[C@@H]1OC(CO)[C@H](O[C@@H]2OC(CO)[C@H](O)C(O)[C@H]2O)C(O)[C@H]1C. The maximum atomic E-state index is 10.4. The Bertz CT molecular complexity index is 377. The first-order valence-corrected chi connectivity index (χ1v) is 7.72. The van der Waals surface area contributed by atoms with Crippen molar-refractivity contribution < 1.29 is 44.8 Å². The second kappa shape index (κ2) is 7.68. The molecule has 2 aliphatic heterocycles. The summed E-state index contributed by atoms with van der Waals surface area (Å²) in [4.78, 5) is 0. The standard InChI is InChI=1S/C14H26O9/c1-5-6(2)21-8(4-16)13(9(5)17)23-14-12(20)11(19)10(18)7(3-15)22-14/h5-20H,3-4H2,1-2H3/t5-,6-,7?,8?,9?,10-,11?,12+,13-,14-/m0/s1. The second-order valence-electron chi connectivity index (χ2n) is 6.21. The van der Waals surface area contributed by atoms with Crippen LogP contribution in [0.15, 0.2) is 0 Å². The monoisotopic (exact) mass is 338 g/mol. The molecule has 0 radical (unpaired) electrons. The molecule has 2 aliphatic rings. The Kier molecular flexibility index (Phi) is 6.34. The molecule has 9 heteroatoms. The molecule has 0 aliphatic carbocycles. The van der Waals surface area contributed by atoms with Crippen LogP contribution in [0.1, 0.15) is 13.8 Å². The second-order valence-corrected chi connectivity index (χ2v) is 6.21. The topological polar surface area (TPSA) is 149 Å². The van der Waals surface area contributed by atoms with Crippen molar-refractivity contribution in [3.05, 3.63) is 0 Å². The van der Waals surface area contributed by atoms with Gasteiger partial charge in [0.1, 0.15) is 36.6 Å². The van der Waals surface area contributed by atoms with Crippen LogP contribution in [0.3, 0.4) is 0 Å². The van der Waals surface area contributed by atoms with E-state index in [-0.39, 0.29) is 12.0 Å². The van der Waals surface area contributed by atoms with Crippen molar-refractivity contribution in [2.45, 2.75) is 69.0 Å². The van der Waals surface area contributed by atoms with Gasteiger partial charge in [-0.15, -0.1) is 0 Å². The highest BCUT2D eigenvalue weighted by Gasteiger charge is 2.48. The zero-order chi connectivity index (χ0) is 17.3. The Labute approximate surface area is 134 Å². The molecule has 0 spiro atoms. The number of aliphatic hydroxyl groups excluding tert-OH is 6. The lowest BCUT2D eigenvalue weighted by molar-refractivity contribution is -0.337. The molecule has 23 heavy (non-hydrogen) atoms. The number of ether oxygens (including phenoxy) is 3. The minimum Gasteiger partial charge on any atom is -0.394 e. The Morgan fingerprint density at radius 3 is 1.96 bits per heavy atom. The summed E-state index contributed by atoms with van der Waals surface area (Å²) in [6.45, 7) is 2.54. The maximum Gasteiger partial charge on any atom is 0.187 e. The normalized spacial score (nSPS) is 51.7. The molecular formula is C14H26O9. The van der Waals surface area contributed by atoms with Crippen molar-refractivity contribution in [2.24, 2.45) is 5.92 Å². The van der Waals surface area contributed by atoms with Gasteiger partial charge in [0.2, 0.25) is 0 Å². The minimum absolute atomic E-state index is 0.285. The first-order valence-electron chi connectivity index (χ1n) is 7.72. The Hall–Kier alpha value is -0.360. The van der Waals surface area contributed by atoms with E-state index in [4.69, 9.17) is 19.3 Å². The summed E-state index contributed by atoms with van der Waals surface area (Å²) < 4.78 is 16.4. The van der Waals surface area contributed by atoms with Crippen molar-refractivity contribution in [2.75, 3.05) is 13.2 Å². The fourth-order valence-electron chi connectivity index (χ4n) is 2.92. The zero-order valence-corrected chi connectivity index (χ0v) is 13.1. The van der Waals surface area contributed by atoms with Gasteiger partial charge in [-0.05, 0) is 6.92 Å². The summed E-state index contributed by atoms with van der Waals surface area (Å²) in [6.07, 6.45) is -10.2. The highest BCUT2D eigenvalue weighted by atomic mass is 16.7. The number of hydrogen-bond acceptors (Lipinski definition) is 9. The van der Waals surface area contributed by atoms with E-state index in [0.29, 0.717) is 0 Å². The van der Waals surface area contributed by atoms with Gasteiger partial charge in [-0.2, -0.15) is 0 Å². The smallest absolute Gasteiger partial charge is 0.187 e. The average molecular weight is 338 g/mol. The zero-order valence-electron chi connectivity index (χ0n) is 13.1. The molecular weight excluding hydrogens is 312 g/mol. The summed E-state index contributed by atoms with van der Waals surface area (Å²) in [5, 5.41) is 58.4. The van der Waals surface area contributed by atoms with Gasteiger partial charge in [0.15, 0.2) is 6.29 Å². The lowest BCUT2D eigenvalue weighted by atomic mass is 9.88. The molecule has 0 saturated carbocycles. The largest absolute Gasteiger partial charge is 0.394 e. The highest BCUT2D eigenvalue weighted by Crippen LogP contribution is 2.31. The van der Waals surface area contributed by atoms with E-state index in [2.05, 4.69) is 0 Å². The first kappa shape index (κ1) is 19.0. The van der Waals surface area contributed by atoms with Crippen LogP contribution in [0.5, 0.6) is 0 Å². The third-order valence-corrected chi connectivity index (χ3v) is 4.69. The van der Waals surface area contributed by atoms with Gasteiger partial charge in [0, 0.05) is 5.92 Å². The maximum absolute atomic E-state index is 10.4. The molecule has 9 nitrogen and oxygen atoms in total. The number of rotatable bonds is 4. The van der Waals surface area contributed by atoms with Crippen LogP contribution in [0.4, 0.5) is 0 Å². The van der Waals surface area contributed by atoms with Crippen LogP contribution in [0, 0.1) is 5.92 Å². The van der Waals surface area contributed by atoms with Crippen molar-refractivity contribution in [3.63, 3.8) is 0 Å². The van der Waals surface area contributed by atoms with Gasteiger partial charge in [0.25, 0.3) is 0 Å². The minimum atomic E-state index is -1.58. The summed E-state index contributed by atoms with van der Waals surface area (Å²) in [5.41, 5.74) is 0. The third-order valence-electron chi connectivity index (χ3n) is 4.69. The van der Waals surface area contributed by atoms with Crippen molar-refractivity contribution in [1.29, 1.82) is 0 Å². The molecule has 136 valence electrons. The van der Waals surface area contributed by atoms with Crippen LogP contribution in [-0.2, 0) is 14.2 Å². The summed E-state index contributed by atoms with van der Waals surface area (Å²) in [7, 11) is 0. The van der Waals surface area contributed by atoms with E-state index in [0.717, 1.165) is 0 Å². The van der Waals surface area contributed by atoms with Crippen molar-refractivity contribution in [1.82, 2.24) is 0 Å². The average Bonchev–Trinajstić information content (AvgIpc) is 2.55. The van der Waals surface area contributed by atoms with Gasteiger partial charge < -0.3 is 44.8 Å². The molecule has 2 heterocycles. The van der Waals surface area contributed by atoms with Crippen LogP contribution >= 0.6 is 0 Å². The molecule has 0 bridgehead atoms.